The van der Waals surface area contributed by atoms with Crippen molar-refractivity contribution < 1.29 is 4.74 Å². The highest BCUT2D eigenvalue weighted by Crippen LogP contribution is 1.86. The summed E-state index contributed by atoms with van der Waals surface area (Å²) in [5.41, 5.74) is 0. The first-order valence-corrected chi connectivity index (χ1v) is 4.73. The summed E-state index contributed by atoms with van der Waals surface area (Å²) in [4.78, 5) is 0. The summed E-state index contributed by atoms with van der Waals surface area (Å²) < 4.78 is 5.06. The average Bonchev–Trinajstić information content (AvgIpc) is 1.98. The van der Waals surface area contributed by atoms with Gasteiger partial charge >= 0.3 is 0 Å². The molecular weight excluding hydrogens is 194 g/mol. The summed E-state index contributed by atoms with van der Waals surface area (Å²) in [5, 5.41) is 4.35. The molecule has 1 unspecified atom stereocenters. The molecule has 0 spiro atoms. The van der Waals surface area contributed by atoms with Gasteiger partial charge in [-0.25, -0.2) is 0 Å². The van der Waals surface area contributed by atoms with Crippen LogP contribution in [-0.2, 0) is 4.74 Å². The second-order valence-electron chi connectivity index (χ2n) is 2.29. The molecule has 0 amide bonds. The first-order valence-electron chi connectivity index (χ1n) is 3.60. The van der Waals surface area contributed by atoms with Crippen molar-refractivity contribution in [3.8, 4) is 0 Å². The van der Waals surface area contributed by atoms with Crippen LogP contribution in [0.4, 0.5) is 0 Å². The number of methoxy groups -OCH3 is 1. The minimum Gasteiger partial charge on any atom is -0.380 e. The Morgan fingerprint density at radius 3 is 2.80 bits per heavy atom. The normalized spacial score (nSPS) is 13.5. The third kappa shape index (κ3) is 6.52. The lowest BCUT2D eigenvalue weighted by Crippen LogP contribution is -2.26. The van der Waals surface area contributed by atoms with Crippen LogP contribution >= 0.6 is 15.9 Å². The fourth-order valence-electron chi connectivity index (χ4n) is 0.580. The van der Waals surface area contributed by atoms with Gasteiger partial charge in [-0.05, 0) is 19.9 Å². The second kappa shape index (κ2) is 7.51. The van der Waals surface area contributed by atoms with Crippen LogP contribution in [0.15, 0.2) is 0 Å². The van der Waals surface area contributed by atoms with E-state index >= 15 is 0 Å². The molecule has 0 saturated carbocycles. The van der Waals surface area contributed by atoms with Crippen molar-refractivity contribution in [3.63, 3.8) is 0 Å². The zero-order chi connectivity index (χ0) is 7.82. The molecule has 1 N–H and O–H groups in total. The van der Waals surface area contributed by atoms with Crippen molar-refractivity contribution in [2.75, 3.05) is 25.5 Å². The maximum absolute atomic E-state index is 5.06. The molecule has 0 aromatic heterocycles. The van der Waals surface area contributed by atoms with E-state index in [1.54, 1.807) is 7.11 Å². The molecule has 0 fully saturated rings. The van der Waals surface area contributed by atoms with Gasteiger partial charge in [0.2, 0.25) is 0 Å². The lowest BCUT2D eigenvalue weighted by molar-refractivity contribution is 0.117. The molecule has 0 aliphatic heterocycles. The van der Waals surface area contributed by atoms with Crippen molar-refractivity contribution in [2.24, 2.45) is 0 Å². The van der Waals surface area contributed by atoms with Crippen LogP contribution in [-0.4, -0.2) is 31.6 Å². The molecule has 0 heterocycles. The number of rotatable bonds is 6. The van der Waals surface area contributed by atoms with Gasteiger partial charge in [-0.1, -0.05) is 15.9 Å². The number of hydrogen-bond donors (Lipinski definition) is 1. The minimum absolute atomic E-state index is 0.329. The summed E-state index contributed by atoms with van der Waals surface area (Å²) in [6.45, 7) is 4.07. The van der Waals surface area contributed by atoms with Gasteiger partial charge in [0, 0.05) is 19.0 Å². The van der Waals surface area contributed by atoms with E-state index in [1.807, 2.05) is 0 Å². The number of hydrogen-bond acceptors (Lipinski definition) is 2. The highest BCUT2D eigenvalue weighted by Gasteiger charge is 1.95. The summed E-state index contributed by atoms with van der Waals surface area (Å²) in [5.74, 6) is 0. The summed E-state index contributed by atoms with van der Waals surface area (Å²) in [7, 11) is 1.73. The fourth-order valence-corrected chi connectivity index (χ4v) is 0.861. The van der Waals surface area contributed by atoms with E-state index in [-0.39, 0.29) is 0 Å². The van der Waals surface area contributed by atoms with Crippen LogP contribution < -0.4 is 5.32 Å². The van der Waals surface area contributed by atoms with E-state index in [1.165, 1.54) is 6.42 Å². The molecule has 0 radical (unpaired) electrons. The Labute approximate surface area is 71.5 Å². The number of ether oxygens (including phenoxy) is 1. The third-order valence-corrected chi connectivity index (χ3v) is 1.88. The fraction of sp³-hybridized carbons (Fsp3) is 1.00. The Morgan fingerprint density at radius 2 is 2.30 bits per heavy atom. The quantitative estimate of drug-likeness (QED) is 0.528. The smallest absolute Gasteiger partial charge is 0.0667 e. The van der Waals surface area contributed by atoms with Gasteiger partial charge < -0.3 is 10.1 Å². The maximum atomic E-state index is 5.06. The van der Waals surface area contributed by atoms with Crippen molar-refractivity contribution in [3.05, 3.63) is 0 Å². The van der Waals surface area contributed by atoms with Gasteiger partial charge in [0.05, 0.1) is 6.10 Å². The van der Waals surface area contributed by atoms with Crippen molar-refractivity contribution >= 4 is 15.9 Å². The monoisotopic (exact) mass is 209 g/mol. The molecule has 3 heteroatoms. The first kappa shape index (κ1) is 10.4. The van der Waals surface area contributed by atoms with Crippen molar-refractivity contribution in [1.29, 1.82) is 0 Å². The van der Waals surface area contributed by atoms with Crippen LogP contribution in [0.3, 0.4) is 0 Å². The van der Waals surface area contributed by atoms with E-state index in [9.17, 15) is 0 Å². The minimum atomic E-state index is 0.329. The van der Waals surface area contributed by atoms with E-state index in [0.717, 1.165) is 18.4 Å². The molecule has 0 aromatic carbocycles. The molecular formula is C7H16BrNO. The Hall–Kier alpha value is 0.400. The first-order chi connectivity index (χ1) is 4.81. The van der Waals surface area contributed by atoms with Crippen LogP contribution in [0.5, 0.6) is 0 Å². The zero-order valence-electron chi connectivity index (χ0n) is 6.69. The van der Waals surface area contributed by atoms with Crippen LogP contribution in [0.25, 0.3) is 0 Å². The van der Waals surface area contributed by atoms with Gasteiger partial charge in [-0.2, -0.15) is 0 Å². The third-order valence-electron chi connectivity index (χ3n) is 1.32. The molecule has 0 saturated heterocycles. The molecule has 1 atom stereocenters. The van der Waals surface area contributed by atoms with E-state index in [4.69, 9.17) is 4.74 Å². The standard InChI is InChI=1S/C7H16BrNO/c1-7(10-2)6-9-5-3-4-8/h7,9H,3-6H2,1-2H3. The number of alkyl halides is 1. The molecule has 0 aromatic rings. The van der Waals surface area contributed by atoms with Gasteiger partial charge in [0.25, 0.3) is 0 Å². The van der Waals surface area contributed by atoms with Crippen LogP contribution in [0, 0.1) is 0 Å². The number of nitrogens with one attached hydrogen (secondary N) is 1. The lowest BCUT2D eigenvalue weighted by Gasteiger charge is -2.09. The summed E-state index contributed by atoms with van der Waals surface area (Å²) in [6, 6.07) is 0. The molecule has 10 heavy (non-hydrogen) atoms. The molecule has 0 aliphatic carbocycles. The SMILES string of the molecule is COC(C)CNCCCBr. The highest BCUT2D eigenvalue weighted by atomic mass is 79.9. The Kier molecular flexibility index (Phi) is 7.81. The predicted octanol–water partition coefficient (Wildman–Crippen LogP) is 1.40. The largest absolute Gasteiger partial charge is 0.380 e. The van der Waals surface area contributed by atoms with E-state index in [0.29, 0.717) is 6.10 Å². The van der Waals surface area contributed by atoms with Crippen LogP contribution in [0.1, 0.15) is 13.3 Å². The second-order valence-corrected chi connectivity index (χ2v) is 3.09. The summed E-state index contributed by atoms with van der Waals surface area (Å²) >= 11 is 3.36. The molecule has 0 aliphatic rings. The Morgan fingerprint density at radius 1 is 1.60 bits per heavy atom. The van der Waals surface area contributed by atoms with E-state index < -0.39 is 0 Å². The summed E-state index contributed by atoms with van der Waals surface area (Å²) in [6.07, 6.45) is 1.51. The Bertz CT molecular complexity index is 70.6. The van der Waals surface area contributed by atoms with Crippen molar-refractivity contribution in [2.45, 2.75) is 19.4 Å². The van der Waals surface area contributed by atoms with Gasteiger partial charge in [-0.15, -0.1) is 0 Å². The molecule has 0 bridgehead atoms. The predicted molar refractivity (Wildman–Crippen MR) is 47.8 cm³/mol. The highest BCUT2D eigenvalue weighted by molar-refractivity contribution is 9.09. The molecule has 62 valence electrons. The van der Waals surface area contributed by atoms with Gasteiger partial charge in [0.15, 0.2) is 0 Å². The van der Waals surface area contributed by atoms with Gasteiger partial charge in [0.1, 0.15) is 0 Å². The van der Waals surface area contributed by atoms with Crippen LogP contribution in [0.2, 0.25) is 0 Å². The van der Waals surface area contributed by atoms with E-state index in [2.05, 4.69) is 28.2 Å². The Balaban J connectivity index is 2.89. The maximum Gasteiger partial charge on any atom is 0.0667 e. The average molecular weight is 210 g/mol. The number of halogens is 1. The zero-order valence-corrected chi connectivity index (χ0v) is 8.28. The molecule has 2 nitrogen and oxygen atoms in total. The lowest BCUT2D eigenvalue weighted by atomic mass is 10.4. The van der Waals surface area contributed by atoms with Crippen molar-refractivity contribution in [1.82, 2.24) is 5.32 Å². The van der Waals surface area contributed by atoms with Gasteiger partial charge in [-0.3, -0.25) is 0 Å². The molecule has 0 rings (SSSR count). The topological polar surface area (TPSA) is 21.3 Å².